The minimum atomic E-state index is -0.570. The highest BCUT2D eigenvalue weighted by Crippen LogP contribution is 2.17. The van der Waals surface area contributed by atoms with E-state index in [1.165, 1.54) is 0 Å². The van der Waals surface area contributed by atoms with Gasteiger partial charge in [0.15, 0.2) is 0 Å². The van der Waals surface area contributed by atoms with Gasteiger partial charge in [0.05, 0.1) is 0 Å². The zero-order valence-corrected chi connectivity index (χ0v) is 11.4. The van der Waals surface area contributed by atoms with E-state index < -0.39 is 11.2 Å². The predicted octanol–water partition coefficient (Wildman–Crippen LogP) is -0.327. The fourth-order valence-electron chi connectivity index (χ4n) is 2.42. The summed E-state index contributed by atoms with van der Waals surface area (Å²) in [6.07, 6.45) is 2.20. The Kier molecular flexibility index (Phi) is 4.36. The van der Waals surface area contributed by atoms with E-state index in [-0.39, 0.29) is 6.04 Å². The van der Waals surface area contributed by atoms with Gasteiger partial charge in [-0.3, -0.25) is 9.78 Å². The Balaban J connectivity index is 2.19. The van der Waals surface area contributed by atoms with Crippen molar-refractivity contribution in [1.82, 2.24) is 20.5 Å². The number of nitrogens with zero attached hydrogens (tertiary/aromatic N) is 2. The summed E-state index contributed by atoms with van der Waals surface area (Å²) < 4.78 is 0. The lowest BCUT2D eigenvalue weighted by molar-refractivity contribution is 0.366. The van der Waals surface area contributed by atoms with E-state index in [0.717, 1.165) is 32.5 Å². The molecule has 7 heteroatoms. The van der Waals surface area contributed by atoms with Crippen LogP contribution >= 0.6 is 0 Å². The average molecular weight is 267 g/mol. The Morgan fingerprint density at radius 2 is 2.00 bits per heavy atom. The van der Waals surface area contributed by atoms with Gasteiger partial charge in [0.25, 0.3) is 5.56 Å². The van der Waals surface area contributed by atoms with Crippen LogP contribution in [0.3, 0.4) is 0 Å². The highest BCUT2D eigenvalue weighted by atomic mass is 16.2. The molecule has 0 amide bonds. The number of H-pyrrole nitrogens is 2. The molecule has 0 atom stereocenters. The Bertz CT molecular complexity index is 515. The third-order valence-corrected chi connectivity index (χ3v) is 3.50. The minimum absolute atomic E-state index is 0.161. The summed E-state index contributed by atoms with van der Waals surface area (Å²) in [4.78, 5) is 27.1. The number of rotatable bonds is 4. The Morgan fingerprint density at radius 3 is 2.58 bits per heavy atom. The third-order valence-electron chi connectivity index (χ3n) is 3.50. The normalized spacial score (nSPS) is 16.8. The molecule has 0 radical (unpaired) electrons. The number of nitrogens with one attached hydrogen (secondary N) is 3. The molecular weight excluding hydrogens is 246 g/mol. The SMILES string of the molecule is CC(C)N(CC1CCNCC1)c1n[nH]c(=O)[nH]c1=O. The molecule has 1 aromatic heterocycles. The van der Waals surface area contributed by atoms with Crippen LogP contribution in [0.5, 0.6) is 0 Å². The molecule has 1 aromatic rings. The fourth-order valence-corrected chi connectivity index (χ4v) is 2.42. The molecule has 1 saturated heterocycles. The lowest BCUT2D eigenvalue weighted by Gasteiger charge is -2.32. The van der Waals surface area contributed by atoms with Crippen molar-refractivity contribution in [2.45, 2.75) is 32.7 Å². The second kappa shape index (κ2) is 6.01. The average Bonchev–Trinajstić information content (AvgIpc) is 2.38. The molecule has 0 spiro atoms. The van der Waals surface area contributed by atoms with Crippen molar-refractivity contribution < 1.29 is 0 Å². The van der Waals surface area contributed by atoms with Crippen molar-refractivity contribution in [2.24, 2.45) is 5.92 Å². The van der Waals surface area contributed by atoms with Gasteiger partial charge < -0.3 is 10.2 Å². The summed E-state index contributed by atoms with van der Waals surface area (Å²) in [5.41, 5.74) is -0.995. The van der Waals surface area contributed by atoms with Gasteiger partial charge >= 0.3 is 5.69 Å². The number of anilines is 1. The highest BCUT2D eigenvalue weighted by Gasteiger charge is 2.22. The van der Waals surface area contributed by atoms with Crippen LogP contribution in [0.15, 0.2) is 9.59 Å². The molecule has 3 N–H and O–H groups in total. The number of hydrogen-bond acceptors (Lipinski definition) is 5. The first-order chi connectivity index (χ1) is 9.08. The number of hydrogen-bond donors (Lipinski definition) is 3. The monoisotopic (exact) mass is 267 g/mol. The first-order valence-corrected chi connectivity index (χ1v) is 6.74. The molecule has 7 nitrogen and oxygen atoms in total. The van der Waals surface area contributed by atoms with Gasteiger partial charge in [-0.05, 0) is 45.7 Å². The van der Waals surface area contributed by atoms with Gasteiger partial charge in [0.1, 0.15) is 0 Å². The number of aromatic amines is 2. The molecule has 1 aliphatic heterocycles. The lowest BCUT2D eigenvalue weighted by atomic mass is 9.97. The maximum absolute atomic E-state index is 11.8. The van der Waals surface area contributed by atoms with Gasteiger partial charge in [0, 0.05) is 12.6 Å². The molecule has 2 rings (SSSR count). The Morgan fingerprint density at radius 1 is 1.32 bits per heavy atom. The molecule has 2 heterocycles. The van der Waals surface area contributed by atoms with Crippen molar-refractivity contribution >= 4 is 5.82 Å². The van der Waals surface area contributed by atoms with Gasteiger partial charge in [0.2, 0.25) is 5.82 Å². The molecule has 19 heavy (non-hydrogen) atoms. The molecule has 0 saturated carbocycles. The zero-order chi connectivity index (χ0) is 13.8. The maximum atomic E-state index is 11.8. The molecule has 0 unspecified atom stereocenters. The molecule has 1 fully saturated rings. The van der Waals surface area contributed by atoms with Crippen LogP contribution in [0.25, 0.3) is 0 Å². The van der Waals surface area contributed by atoms with Crippen molar-refractivity contribution in [3.8, 4) is 0 Å². The lowest BCUT2D eigenvalue weighted by Crippen LogP contribution is -2.43. The second-order valence-electron chi connectivity index (χ2n) is 5.27. The van der Waals surface area contributed by atoms with Crippen molar-refractivity contribution in [3.05, 3.63) is 20.8 Å². The van der Waals surface area contributed by atoms with Crippen LogP contribution < -0.4 is 21.5 Å². The molecule has 0 aromatic carbocycles. The van der Waals surface area contributed by atoms with E-state index >= 15 is 0 Å². The van der Waals surface area contributed by atoms with E-state index in [2.05, 4.69) is 20.5 Å². The van der Waals surface area contributed by atoms with Crippen molar-refractivity contribution in [3.63, 3.8) is 0 Å². The van der Waals surface area contributed by atoms with Crippen LogP contribution in [0.4, 0.5) is 5.82 Å². The Labute approximate surface area is 111 Å². The topological polar surface area (TPSA) is 93.9 Å². The van der Waals surface area contributed by atoms with E-state index in [9.17, 15) is 9.59 Å². The van der Waals surface area contributed by atoms with Crippen LogP contribution in [0.2, 0.25) is 0 Å². The maximum Gasteiger partial charge on any atom is 0.342 e. The summed E-state index contributed by atoms with van der Waals surface area (Å²) in [5.74, 6) is 0.852. The highest BCUT2D eigenvalue weighted by molar-refractivity contribution is 5.35. The van der Waals surface area contributed by atoms with Gasteiger partial charge in [-0.15, -0.1) is 5.10 Å². The number of aromatic nitrogens is 3. The smallest absolute Gasteiger partial charge is 0.342 e. The third kappa shape index (κ3) is 3.44. The molecule has 1 aliphatic rings. The van der Waals surface area contributed by atoms with Gasteiger partial charge in [-0.25, -0.2) is 9.89 Å². The van der Waals surface area contributed by atoms with Crippen molar-refractivity contribution in [2.75, 3.05) is 24.5 Å². The van der Waals surface area contributed by atoms with E-state index in [0.29, 0.717) is 11.7 Å². The molecule has 106 valence electrons. The van der Waals surface area contributed by atoms with Crippen molar-refractivity contribution in [1.29, 1.82) is 0 Å². The number of piperidine rings is 1. The van der Waals surface area contributed by atoms with Crippen LogP contribution in [0, 0.1) is 5.92 Å². The molecule has 0 aliphatic carbocycles. The largest absolute Gasteiger partial charge is 0.348 e. The summed E-state index contributed by atoms with van der Waals surface area (Å²) in [6.45, 7) is 6.88. The first-order valence-electron chi connectivity index (χ1n) is 6.74. The summed E-state index contributed by atoms with van der Waals surface area (Å²) in [5, 5.41) is 9.52. The summed E-state index contributed by atoms with van der Waals surface area (Å²) >= 11 is 0. The summed E-state index contributed by atoms with van der Waals surface area (Å²) in [6, 6.07) is 0.161. The molecule has 0 bridgehead atoms. The summed E-state index contributed by atoms with van der Waals surface area (Å²) in [7, 11) is 0. The quantitative estimate of drug-likeness (QED) is 0.694. The minimum Gasteiger partial charge on any atom is -0.348 e. The standard InChI is InChI=1S/C12H21N5O2/c1-8(2)17(7-9-3-5-13-6-4-9)10-11(18)14-12(19)16-15-10/h8-9,13H,3-7H2,1-2H3,(H2,14,16,18,19). The first kappa shape index (κ1) is 13.8. The van der Waals surface area contributed by atoms with Crippen LogP contribution in [-0.4, -0.2) is 40.9 Å². The van der Waals surface area contributed by atoms with Crippen LogP contribution in [-0.2, 0) is 0 Å². The van der Waals surface area contributed by atoms with Gasteiger partial charge in [-0.2, -0.15) is 0 Å². The Hall–Kier alpha value is -1.63. The fraction of sp³-hybridized carbons (Fsp3) is 0.750. The predicted molar refractivity (Wildman–Crippen MR) is 73.6 cm³/mol. The van der Waals surface area contributed by atoms with Crippen LogP contribution in [0.1, 0.15) is 26.7 Å². The van der Waals surface area contributed by atoms with E-state index in [1.807, 2.05) is 18.7 Å². The van der Waals surface area contributed by atoms with E-state index in [1.54, 1.807) is 0 Å². The second-order valence-corrected chi connectivity index (χ2v) is 5.27. The van der Waals surface area contributed by atoms with Gasteiger partial charge in [-0.1, -0.05) is 0 Å². The molecular formula is C12H21N5O2. The van der Waals surface area contributed by atoms with E-state index in [4.69, 9.17) is 0 Å². The zero-order valence-electron chi connectivity index (χ0n) is 11.4.